The van der Waals surface area contributed by atoms with E-state index in [1.54, 1.807) is 0 Å². The molecule has 1 atom stereocenters. The molecule has 1 aliphatic heterocycles. The van der Waals surface area contributed by atoms with Gasteiger partial charge in [-0.1, -0.05) is 26.7 Å². The van der Waals surface area contributed by atoms with Gasteiger partial charge in [-0.15, -0.1) is 0 Å². The monoisotopic (exact) mass is 327 g/mol. The van der Waals surface area contributed by atoms with Gasteiger partial charge in [0.1, 0.15) is 6.04 Å². The second-order valence-electron chi connectivity index (χ2n) is 5.66. The quantitative estimate of drug-likeness (QED) is 0.416. The van der Waals surface area contributed by atoms with E-state index in [2.05, 4.69) is 28.4 Å². The van der Waals surface area contributed by atoms with Crippen LogP contribution in [0.15, 0.2) is 0 Å². The largest absolute Gasteiger partial charge is 0.338 e. The second-order valence-corrected chi connectivity index (χ2v) is 5.66. The Morgan fingerprint density at radius 3 is 2.30 bits per heavy atom. The van der Waals surface area contributed by atoms with Gasteiger partial charge in [0.2, 0.25) is 0 Å². The van der Waals surface area contributed by atoms with Crippen molar-refractivity contribution in [2.75, 3.05) is 19.6 Å². The maximum atomic E-state index is 12.1. The highest BCUT2D eigenvalue weighted by atomic mass is 16.2. The number of likely N-dealkylation sites (tertiary alicyclic amines) is 1. The highest BCUT2D eigenvalue weighted by molar-refractivity contribution is 5.89. The summed E-state index contributed by atoms with van der Waals surface area (Å²) in [5.41, 5.74) is 4.70. The van der Waals surface area contributed by atoms with Gasteiger partial charge < -0.3 is 15.5 Å². The molecule has 0 aliphatic carbocycles. The number of carbonyl (C=O) groups excluding carboxylic acids is 3. The van der Waals surface area contributed by atoms with E-state index in [1.165, 1.54) is 4.90 Å². The highest BCUT2D eigenvalue weighted by Gasteiger charge is 2.34. The summed E-state index contributed by atoms with van der Waals surface area (Å²) in [6.45, 7) is 5.81. The van der Waals surface area contributed by atoms with Crippen LogP contribution in [-0.4, -0.2) is 48.5 Å². The predicted molar refractivity (Wildman–Crippen MR) is 87.6 cm³/mol. The number of nitrogens with zero attached hydrogens (tertiary/aromatic N) is 1. The molecule has 0 aromatic carbocycles. The lowest BCUT2D eigenvalue weighted by atomic mass is 10.2. The first-order valence-electron chi connectivity index (χ1n) is 8.48. The lowest BCUT2D eigenvalue weighted by molar-refractivity contribution is -0.125. The molecule has 0 aromatic rings. The Morgan fingerprint density at radius 1 is 1.00 bits per heavy atom. The lowest BCUT2D eigenvalue weighted by Crippen LogP contribution is -2.55. The van der Waals surface area contributed by atoms with Crippen LogP contribution in [0.1, 0.15) is 52.4 Å². The van der Waals surface area contributed by atoms with Gasteiger partial charge in [-0.25, -0.2) is 15.0 Å². The van der Waals surface area contributed by atoms with E-state index < -0.39 is 12.1 Å². The molecule has 1 heterocycles. The minimum atomic E-state index is -0.535. The van der Waals surface area contributed by atoms with Gasteiger partial charge in [0.25, 0.3) is 5.91 Å². The summed E-state index contributed by atoms with van der Waals surface area (Å²) >= 11 is 0. The number of hydrogen-bond donors (Lipinski definition) is 4. The van der Waals surface area contributed by atoms with Crippen molar-refractivity contribution in [3.05, 3.63) is 0 Å². The van der Waals surface area contributed by atoms with Gasteiger partial charge in [-0.2, -0.15) is 0 Å². The maximum absolute atomic E-state index is 12.1. The predicted octanol–water partition coefficient (Wildman–Crippen LogP) is 1.09. The molecule has 0 unspecified atom stereocenters. The number of urea groups is 2. The SMILES string of the molecule is CCCCNC(=O)NNC(=O)[C@@H]1CCCN1C(=O)NCCCC. The summed E-state index contributed by atoms with van der Waals surface area (Å²) in [5, 5.41) is 5.46. The van der Waals surface area contributed by atoms with Crippen LogP contribution in [-0.2, 0) is 4.79 Å². The first-order valence-corrected chi connectivity index (χ1v) is 8.48. The van der Waals surface area contributed by atoms with Crippen molar-refractivity contribution >= 4 is 18.0 Å². The van der Waals surface area contributed by atoms with Crippen molar-refractivity contribution in [1.29, 1.82) is 0 Å². The Bertz CT molecular complexity index is 403. The number of amides is 5. The zero-order chi connectivity index (χ0) is 17.1. The summed E-state index contributed by atoms with van der Waals surface area (Å²) in [7, 11) is 0. The van der Waals surface area contributed by atoms with Gasteiger partial charge in [0, 0.05) is 19.6 Å². The normalized spacial score (nSPS) is 16.8. The highest BCUT2D eigenvalue weighted by Crippen LogP contribution is 2.17. The molecule has 132 valence electrons. The Balaban J connectivity index is 2.35. The van der Waals surface area contributed by atoms with E-state index in [-0.39, 0.29) is 11.9 Å². The van der Waals surface area contributed by atoms with Crippen LogP contribution in [0.3, 0.4) is 0 Å². The average Bonchev–Trinajstić information content (AvgIpc) is 3.02. The third-order valence-electron chi connectivity index (χ3n) is 3.74. The van der Waals surface area contributed by atoms with E-state index >= 15 is 0 Å². The lowest BCUT2D eigenvalue weighted by Gasteiger charge is -2.24. The molecule has 0 bridgehead atoms. The zero-order valence-electron chi connectivity index (χ0n) is 14.1. The number of rotatable bonds is 7. The molecule has 1 rings (SSSR count). The van der Waals surface area contributed by atoms with Gasteiger partial charge in [-0.05, 0) is 25.7 Å². The molecule has 5 amide bonds. The van der Waals surface area contributed by atoms with Crippen LogP contribution in [0, 0.1) is 0 Å². The van der Waals surface area contributed by atoms with Crippen LogP contribution in [0.5, 0.6) is 0 Å². The second kappa shape index (κ2) is 10.7. The van der Waals surface area contributed by atoms with Crippen molar-refractivity contribution in [1.82, 2.24) is 26.4 Å². The first kappa shape index (κ1) is 19.1. The minimum absolute atomic E-state index is 0.219. The summed E-state index contributed by atoms with van der Waals surface area (Å²) in [6, 6.07) is -1.19. The average molecular weight is 327 g/mol. The fourth-order valence-electron chi connectivity index (χ4n) is 2.38. The topological polar surface area (TPSA) is 103 Å². The molecule has 0 saturated carbocycles. The Labute approximate surface area is 137 Å². The molecule has 8 heteroatoms. The first-order chi connectivity index (χ1) is 11.1. The van der Waals surface area contributed by atoms with E-state index in [9.17, 15) is 14.4 Å². The number of unbranched alkanes of at least 4 members (excludes halogenated alkanes) is 2. The Morgan fingerprint density at radius 2 is 1.65 bits per heavy atom. The van der Waals surface area contributed by atoms with Gasteiger partial charge >= 0.3 is 12.1 Å². The van der Waals surface area contributed by atoms with Crippen LogP contribution in [0.4, 0.5) is 9.59 Å². The van der Waals surface area contributed by atoms with Crippen LogP contribution < -0.4 is 21.5 Å². The molecule has 1 fully saturated rings. The van der Waals surface area contributed by atoms with E-state index in [0.717, 1.165) is 32.1 Å². The number of nitrogens with one attached hydrogen (secondary N) is 4. The third kappa shape index (κ3) is 6.75. The van der Waals surface area contributed by atoms with Gasteiger partial charge in [-0.3, -0.25) is 10.2 Å². The van der Waals surface area contributed by atoms with Crippen molar-refractivity contribution in [2.45, 2.75) is 58.4 Å². The molecule has 0 aromatic heterocycles. The van der Waals surface area contributed by atoms with Crippen molar-refractivity contribution in [3.63, 3.8) is 0 Å². The zero-order valence-corrected chi connectivity index (χ0v) is 14.1. The fourth-order valence-corrected chi connectivity index (χ4v) is 2.38. The van der Waals surface area contributed by atoms with E-state index in [4.69, 9.17) is 0 Å². The fraction of sp³-hybridized carbons (Fsp3) is 0.800. The standard InChI is InChI=1S/C15H29N5O3/c1-3-5-9-16-14(22)19-18-13(21)12-8-7-11-20(12)15(23)17-10-6-4-2/h12H,3-11H2,1-2H3,(H,17,23)(H,18,21)(H2,16,19,22)/t12-/m0/s1. The number of carbonyl (C=O) groups is 3. The maximum Gasteiger partial charge on any atom is 0.333 e. The van der Waals surface area contributed by atoms with E-state index in [1.807, 2.05) is 6.92 Å². The van der Waals surface area contributed by atoms with Crippen LogP contribution >= 0.6 is 0 Å². The Hall–Kier alpha value is -1.99. The van der Waals surface area contributed by atoms with Crippen LogP contribution in [0.25, 0.3) is 0 Å². The number of hydrogen-bond acceptors (Lipinski definition) is 3. The molecule has 23 heavy (non-hydrogen) atoms. The van der Waals surface area contributed by atoms with Gasteiger partial charge in [0.05, 0.1) is 0 Å². The third-order valence-corrected chi connectivity index (χ3v) is 3.74. The van der Waals surface area contributed by atoms with Crippen molar-refractivity contribution < 1.29 is 14.4 Å². The Kier molecular flexibility index (Phi) is 8.86. The summed E-state index contributed by atoms with van der Waals surface area (Å²) in [6.07, 6.45) is 5.16. The molecule has 0 spiro atoms. The molecular formula is C15H29N5O3. The number of hydrazine groups is 1. The molecule has 1 saturated heterocycles. The van der Waals surface area contributed by atoms with E-state index in [0.29, 0.717) is 26.1 Å². The molecule has 1 aliphatic rings. The van der Waals surface area contributed by atoms with Gasteiger partial charge in [0.15, 0.2) is 0 Å². The summed E-state index contributed by atoms with van der Waals surface area (Å²) < 4.78 is 0. The summed E-state index contributed by atoms with van der Waals surface area (Å²) in [5.74, 6) is -0.362. The molecule has 4 N–H and O–H groups in total. The molecular weight excluding hydrogens is 298 g/mol. The minimum Gasteiger partial charge on any atom is -0.338 e. The summed E-state index contributed by atoms with van der Waals surface area (Å²) in [4.78, 5) is 37.3. The molecule has 0 radical (unpaired) electrons. The molecule has 8 nitrogen and oxygen atoms in total. The smallest absolute Gasteiger partial charge is 0.333 e. The van der Waals surface area contributed by atoms with Crippen molar-refractivity contribution in [2.24, 2.45) is 0 Å². The van der Waals surface area contributed by atoms with Crippen molar-refractivity contribution in [3.8, 4) is 0 Å². The van der Waals surface area contributed by atoms with Crippen LogP contribution in [0.2, 0.25) is 0 Å².